The number of nitrogens with zero attached hydrogens (tertiary/aromatic N) is 2. The van der Waals surface area contributed by atoms with Crippen LogP contribution in [0.5, 0.6) is 5.75 Å². The second-order valence-electron chi connectivity index (χ2n) is 5.65. The van der Waals surface area contributed by atoms with Gasteiger partial charge in [0.1, 0.15) is 5.75 Å². The normalized spacial score (nSPS) is 11.0. The molecule has 21 heavy (non-hydrogen) atoms. The smallest absolute Gasteiger partial charge is 0.284 e. The van der Waals surface area contributed by atoms with E-state index < -0.39 is 0 Å². The third-order valence-electron chi connectivity index (χ3n) is 3.51. The number of carbonyl (C=O) groups is 1. The minimum atomic E-state index is -0.149. The largest absolute Gasteiger partial charge is 0.484 e. The van der Waals surface area contributed by atoms with Gasteiger partial charge in [0.25, 0.3) is 5.91 Å². The molecule has 0 saturated heterocycles. The summed E-state index contributed by atoms with van der Waals surface area (Å²) in [5, 5.41) is 4.35. The van der Waals surface area contributed by atoms with Gasteiger partial charge in [0.2, 0.25) is 0 Å². The van der Waals surface area contributed by atoms with Gasteiger partial charge >= 0.3 is 0 Å². The number of rotatable bonds is 4. The zero-order chi connectivity index (χ0) is 15.6. The first-order chi connectivity index (χ1) is 9.90. The molecule has 1 heterocycles. The van der Waals surface area contributed by atoms with Gasteiger partial charge in [0.05, 0.1) is 5.69 Å². The Morgan fingerprint density at radius 2 is 2.00 bits per heavy atom. The van der Waals surface area contributed by atoms with Gasteiger partial charge in [-0.1, -0.05) is 26.0 Å². The second-order valence-corrected chi connectivity index (χ2v) is 5.65. The molecule has 112 valence electrons. The fourth-order valence-electron chi connectivity index (χ4n) is 2.64. The zero-order valence-corrected chi connectivity index (χ0v) is 13.3. The molecule has 0 amide bonds. The summed E-state index contributed by atoms with van der Waals surface area (Å²) in [5.41, 5.74) is 4.05. The number of carbonyl (C=O) groups excluding carboxylic acids is 1. The maximum absolute atomic E-state index is 12.3. The minimum Gasteiger partial charge on any atom is -0.484 e. The Kier molecular flexibility index (Phi) is 4.46. The molecule has 0 fully saturated rings. The average molecular weight is 286 g/mol. The third kappa shape index (κ3) is 3.32. The molecule has 4 heteroatoms. The van der Waals surface area contributed by atoms with Crippen LogP contribution in [0.4, 0.5) is 0 Å². The van der Waals surface area contributed by atoms with Crippen molar-refractivity contribution < 1.29 is 9.53 Å². The molecule has 0 saturated carbocycles. The number of hydrogen-bond acceptors (Lipinski definition) is 3. The maximum atomic E-state index is 12.3. The molecule has 0 aliphatic rings. The molecule has 0 bridgehead atoms. The molecule has 1 aromatic carbocycles. The van der Waals surface area contributed by atoms with Crippen LogP contribution in [-0.2, 0) is 0 Å². The van der Waals surface area contributed by atoms with E-state index in [9.17, 15) is 4.79 Å². The van der Waals surface area contributed by atoms with E-state index in [1.54, 1.807) is 0 Å². The summed E-state index contributed by atoms with van der Waals surface area (Å²) in [7, 11) is 0. The Labute approximate surface area is 125 Å². The highest BCUT2D eigenvalue weighted by atomic mass is 16.5. The highest BCUT2D eigenvalue weighted by Gasteiger charge is 2.18. The van der Waals surface area contributed by atoms with E-state index in [4.69, 9.17) is 4.74 Å². The Morgan fingerprint density at radius 3 is 2.57 bits per heavy atom. The van der Waals surface area contributed by atoms with Crippen molar-refractivity contribution in [2.75, 3.05) is 6.61 Å². The van der Waals surface area contributed by atoms with Crippen LogP contribution < -0.4 is 4.74 Å². The van der Waals surface area contributed by atoms with Crippen LogP contribution >= 0.6 is 0 Å². The molecule has 0 aliphatic heterocycles. The van der Waals surface area contributed by atoms with Gasteiger partial charge in [-0.25, -0.2) is 4.68 Å². The standard InChI is InChI=1S/C17H22N2O2/c1-11(2)17-13(4)18-19(14(17)5)16(20)10-21-15-8-6-7-12(3)9-15/h6-9,11H,10H2,1-5H3. The quantitative estimate of drug-likeness (QED) is 0.861. The number of ether oxygens (including phenoxy) is 1. The molecule has 0 N–H and O–H groups in total. The van der Waals surface area contributed by atoms with Crippen LogP contribution in [-0.4, -0.2) is 22.3 Å². The van der Waals surface area contributed by atoms with E-state index >= 15 is 0 Å². The molecule has 0 atom stereocenters. The maximum Gasteiger partial charge on any atom is 0.284 e. The molecule has 0 unspecified atom stereocenters. The lowest BCUT2D eigenvalue weighted by Gasteiger charge is -2.08. The van der Waals surface area contributed by atoms with Crippen molar-refractivity contribution in [3.8, 4) is 5.75 Å². The second kappa shape index (κ2) is 6.12. The lowest BCUT2D eigenvalue weighted by Crippen LogP contribution is -2.21. The number of aryl methyl sites for hydroxylation is 2. The van der Waals surface area contributed by atoms with Crippen LogP contribution in [0.2, 0.25) is 0 Å². The van der Waals surface area contributed by atoms with Gasteiger partial charge in [-0.05, 0) is 49.9 Å². The predicted molar refractivity (Wildman–Crippen MR) is 83.1 cm³/mol. The van der Waals surface area contributed by atoms with Crippen molar-refractivity contribution in [1.29, 1.82) is 0 Å². The van der Waals surface area contributed by atoms with E-state index in [0.717, 1.165) is 22.5 Å². The summed E-state index contributed by atoms with van der Waals surface area (Å²) in [6, 6.07) is 7.66. The number of benzene rings is 1. The third-order valence-corrected chi connectivity index (χ3v) is 3.51. The Hall–Kier alpha value is -2.10. The lowest BCUT2D eigenvalue weighted by atomic mass is 10.0. The molecule has 0 aliphatic carbocycles. The summed E-state index contributed by atoms with van der Waals surface area (Å²) in [4.78, 5) is 12.3. The monoisotopic (exact) mass is 286 g/mol. The van der Waals surface area contributed by atoms with Crippen LogP contribution in [0.3, 0.4) is 0 Å². The van der Waals surface area contributed by atoms with Gasteiger partial charge in [-0.3, -0.25) is 4.79 Å². The summed E-state index contributed by atoms with van der Waals surface area (Å²) in [6.07, 6.45) is 0. The first-order valence-electron chi connectivity index (χ1n) is 7.19. The van der Waals surface area contributed by atoms with Crippen LogP contribution in [0.15, 0.2) is 24.3 Å². The van der Waals surface area contributed by atoms with Crippen LogP contribution in [0.1, 0.15) is 47.1 Å². The lowest BCUT2D eigenvalue weighted by molar-refractivity contribution is 0.0818. The zero-order valence-electron chi connectivity index (χ0n) is 13.3. The Balaban J connectivity index is 2.12. The van der Waals surface area contributed by atoms with E-state index in [2.05, 4.69) is 18.9 Å². The van der Waals surface area contributed by atoms with Gasteiger partial charge in [0.15, 0.2) is 6.61 Å². The number of aromatic nitrogens is 2. The van der Waals surface area contributed by atoms with Gasteiger partial charge in [0, 0.05) is 5.69 Å². The van der Waals surface area contributed by atoms with E-state index in [0.29, 0.717) is 11.7 Å². The minimum absolute atomic E-state index is 0.0110. The summed E-state index contributed by atoms with van der Waals surface area (Å²) >= 11 is 0. The topological polar surface area (TPSA) is 44.1 Å². The average Bonchev–Trinajstić information content (AvgIpc) is 2.71. The Morgan fingerprint density at radius 1 is 1.29 bits per heavy atom. The highest BCUT2D eigenvalue weighted by Crippen LogP contribution is 2.22. The summed E-state index contributed by atoms with van der Waals surface area (Å²) in [5.74, 6) is 0.905. The highest BCUT2D eigenvalue weighted by molar-refractivity contribution is 5.80. The van der Waals surface area contributed by atoms with Crippen molar-refractivity contribution in [2.24, 2.45) is 0 Å². The number of hydrogen-bond donors (Lipinski definition) is 0. The fraction of sp³-hybridized carbons (Fsp3) is 0.412. The Bertz CT molecular complexity index is 657. The molecule has 0 spiro atoms. The van der Waals surface area contributed by atoms with E-state index in [1.807, 2.05) is 45.0 Å². The molecule has 0 radical (unpaired) electrons. The van der Waals surface area contributed by atoms with Crippen molar-refractivity contribution in [3.05, 3.63) is 46.8 Å². The predicted octanol–water partition coefficient (Wildman–Crippen LogP) is 3.65. The fourth-order valence-corrected chi connectivity index (χ4v) is 2.64. The van der Waals surface area contributed by atoms with Crippen LogP contribution in [0.25, 0.3) is 0 Å². The first-order valence-corrected chi connectivity index (χ1v) is 7.19. The van der Waals surface area contributed by atoms with E-state index in [1.165, 1.54) is 4.68 Å². The SMILES string of the molecule is Cc1cccc(OCC(=O)n2nc(C)c(C(C)C)c2C)c1. The molecular weight excluding hydrogens is 264 g/mol. The summed E-state index contributed by atoms with van der Waals surface area (Å²) in [6.45, 7) is 10.1. The molecule has 4 nitrogen and oxygen atoms in total. The van der Waals surface area contributed by atoms with Gasteiger partial charge < -0.3 is 4.74 Å². The molecule has 1 aromatic heterocycles. The van der Waals surface area contributed by atoms with E-state index in [-0.39, 0.29) is 12.5 Å². The van der Waals surface area contributed by atoms with Gasteiger partial charge in [-0.15, -0.1) is 0 Å². The van der Waals surface area contributed by atoms with Crippen molar-refractivity contribution in [1.82, 2.24) is 9.78 Å². The molecule has 2 aromatic rings. The van der Waals surface area contributed by atoms with Crippen molar-refractivity contribution in [3.63, 3.8) is 0 Å². The van der Waals surface area contributed by atoms with Gasteiger partial charge in [-0.2, -0.15) is 5.10 Å². The first kappa shape index (κ1) is 15.3. The van der Waals surface area contributed by atoms with Crippen molar-refractivity contribution >= 4 is 5.91 Å². The van der Waals surface area contributed by atoms with Crippen molar-refractivity contribution in [2.45, 2.75) is 40.5 Å². The van der Waals surface area contributed by atoms with Crippen LogP contribution in [0, 0.1) is 20.8 Å². The molecular formula is C17H22N2O2. The molecule has 2 rings (SSSR count). The summed E-state index contributed by atoms with van der Waals surface area (Å²) < 4.78 is 7.02.